The average molecular weight is 344 g/mol. The summed E-state index contributed by atoms with van der Waals surface area (Å²) in [6.07, 6.45) is 2.30. The molecule has 0 bridgehead atoms. The summed E-state index contributed by atoms with van der Waals surface area (Å²) in [6, 6.07) is 20.0. The number of benzene rings is 2. The molecule has 5 heteroatoms. The van der Waals surface area contributed by atoms with Crippen molar-refractivity contribution in [1.82, 2.24) is 9.97 Å². The van der Waals surface area contributed by atoms with Gasteiger partial charge in [-0.1, -0.05) is 48.5 Å². The molecule has 2 aromatic carbocycles. The maximum Gasteiger partial charge on any atom is 0.277 e. The van der Waals surface area contributed by atoms with Crippen LogP contribution in [0.3, 0.4) is 0 Å². The van der Waals surface area contributed by atoms with Crippen molar-refractivity contribution in [3.63, 3.8) is 0 Å². The maximum absolute atomic E-state index is 13.1. The number of rotatable bonds is 4. The molecule has 1 N–H and O–H groups in total. The van der Waals surface area contributed by atoms with Crippen LogP contribution in [0.15, 0.2) is 67.0 Å². The van der Waals surface area contributed by atoms with E-state index >= 15 is 0 Å². The van der Waals surface area contributed by atoms with E-state index in [9.17, 15) is 4.79 Å². The van der Waals surface area contributed by atoms with Crippen LogP contribution in [0.4, 0.5) is 11.5 Å². The molecule has 1 atom stereocenters. The first kappa shape index (κ1) is 16.3. The molecule has 1 aromatic heterocycles. The van der Waals surface area contributed by atoms with E-state index in [2.05, 4.69) is 28.3 Å². The first-order valence-electron chi connectivity index (χ1n) is 8.73. The molecule has 3 aromatic rings. The van der Waals surface area contributed by atoms with Crippen molar-refractivity contribution < 1.29 is 4.79 Å². The minimum atomic E-state index is -0.0902. The van der Waals surface area contributed by atoms with Crippen LogP contribution in [-0.4, -0.2) is 21.9 Å². The van der Waals surface area contributed by atoms with Crippen molar-refractivity contribution in [2.24, 2.45) is 0 Å². The third-order valence-electron chi connectivity index (χ3n) is 4.63. The first-order valence-corrected chi connectivity index (χ1v) is 8.73. The zero-order valence-electron chi connectivity index (χ0n) is 14.6. The van der Waals surface area contributed by atoms with E-state index in [1.54, 1.807) is 6.07 Å². The van der Waals surface area contributed by atoms with E-state index < -0.39 is 0 Å². The number of amides is 1. The lowest BCUT2D eigenvalue weighted by molar-refractivity contribution is 0.0976. The van der Waals surface area contributed by atoms with Gasteiger partial charge in [-0.3, -0.25) is 4.79 Å². The van der Waals surface area contributed by atoms with Crippen molar-refractivity contribution >= 4 is 17.4 Å². The number of nitrogens with one attached hydrogen (secondary N) is 1. The van der Waals surface area contributed by atoms with E-state index in [0.29, 0.717) is 18.1 Å². The molecule has 0 aliphatic carbocycles. The second-order valence-corrected chi connectivity index (χ2v) is 6.48. The highest BCUT2D eigenvalue weighted by atomic mass is 16.2. The Morgan fingerprint density at radius 3 is 2.73 bits per heavy atom. The molecule has 1 amide bonds. The molecule has 26 heavy (non-hydrogen) atoms. The summed E-state index contributed by atoms with van der Waals surface area (Å²) in [6.45, 7) is 2.71. The number of aromatic nitrogens is 2. The smallest absolute Gasteiger partial charge is 0.277 e. The molecule has 0 spiro atoms. The number of anilines is 2. The van der Waals surface area contributed by atoms with Crippen molar-refractivity contribution in [3.8, 4) is 0 Å². The second-order valence-electron chi connectivity index (χ2n) is 6.48. The predicted octanol–water partition coefficient (Wildman–Crippen LogP) is 3.68. The van der Waals surface area contributed by atoms with Gasteiger partial charge >= 0.3 is 0 Å². The van der Waals surface area contributed by atoms with Crippen molar-refractivity contribution in [3.05, 3.63) is 83.8 Å². The Morgan fingerprint density at radius 2 is 1.88 bits per heavy atom. The van der Waals surface area contributed by atoms with Crippen molar-refractivity contribution in [1.29, 1.82) is 0 Å². The quantitative estimate of drug-likeness (QED) is 0.784. The third kappa shape index (κ3) is 3.16. The van der Waals surface area contributed by atoms with Gasteiger partial charge in [0.25, 0.3) is 5.91 Å². The number of carbonyl (C=O) groups is 1. The van der Waals surface area contributed by atoms with Gasteiger partial charge in [0.1, 0.15) is 17.8 Å². The average Bonchev–Trinajstić information content (AvgIpc) is 3.02. The molecular formula is C21H20N4O. The lowest BCUT2D eigenvalue weighted by atomic mass is 10.1. The molecular weight excluding hydrogens is 324 g/mol. The molecule has 0 saturated heterocycles. The minimum Gasteiger partial charge on any atom is -0.366 e. The summed E-state index contributed by atoms with van der Waals surface area (Å²) < 4.78 is 0. The summed E-state index contributed by atoms with van der Waals surface area (Å²) in [4.78, 5) is 23.3. The van der Waals surface area contributed by atoms with Gasteiger partial charge in [0, 0.05) is 24.3 Å². The van der Waals surface area contributed by atoms with Crippen molar-refractivity contribution in [2.75, 3.05) is 10.2 Å². The van der Waals surface area contributed by atoms with E-state index in [1.807, 2.05) is 53.4 Å². The van der Waals surface area contributed by atoms with Crippen LogP contribution in [0.2, 0.25) is 0 Å². The van der Waals surface area contributed by atoms with Gasteiger partial charge < -0.3 is 10.2 Å². The molecule has 0 fully saturated rings. The Bertz CT molecular complexity index is 926. The molecule has 4 rings (SSSR count). The van der Waals surface area contributed by atoms with Crippen LogP contribution in [0, 0.1) is 0 Å². The fourth-order valence-electron chi connectivity index (χ4n) is 3.36. The molecule has 1 aliphatic rings. The monoisotopic (exact) mass is 344 g/mol. The van der Waals surface area contributed by atoms with Crippen LogP contribution in [0.1, 0.15) is 28.5 Å². The van der Waals surface area contributed by atoms with Gasteiger partial charge in [-0.25, -0.2) is 9.97 Å². The number of hydrogen-bond donors (Lipinski definition) is 1. The van der Waals surface area contributed by atoms with Gasteiger partial charge in [0.15, 0.2) is 0 Å². The molecule has 1 unspecified atom stereocenters. The standard InChI is InChI=1S/C21H20N4O/c1-15-11-17-9-5-6-10-19(17)25(15)21(26)18-12-20(24-14-23-18)22-13-16-7-3-2-4-8-16/h2-10,12,14-15H,11,13H2,1H3,(H,22,23,24). The SMILES string of the molecule is CC1Cc2ccccc2N1C(=O)c1cc(NCc2ccccc2)ncn1. The lowest BCUT2D eigenvalue weighted by Gasteiger charge is -2.22. The van der Waals surface area contributed by atoms with Gasteiger partial charge in [0.05, 0.1) is 0 Å². The molecule has 2 heterocycles. The Balaban J connectivity index is 1.54. The number of hydrogen-bond acceptors (Lipinski definition) is 4. The summed E-state index contributed by atoms with van der Waals surface area (Å²) in [5.41, 5.74) is 3.73. The van der Waals surface area contributed by atoms with E-state index in [0.717, 1.165) is 17.7 Å². The highest BCUT2D eigenvalue weighted by molar-refractivity contribution is 6.06. The number of fused-ring (bicyclic) bond motifs is 1. The number of carbonyl (C=O) groups excluding carboxylic acids is 1. The molecule has 5 nitrogen and oxygen atoms in total. The Labute approximate surface area is 152 Å². The molecule has 0 saturated carbocycles. The topological polar surface area (TPSA) is 58.1 Å². The van der Waals surface area contributed by atoms with Gasteiger partial charge in [0.2, 0.25) is 0 Å². The van der Waals surface area contributed by atoms with E-state index in [1.165, 1.54) is 11.9 Å². The zero-order valence-corrected chi connectivity index (χ0v) is 14.6. The van der Waals surface area contributed by atoms with E-state index in [-0.39, 0.29) is 11.9 Å². The van der Waals surface area contributed by atoms with Crippen LogP contribution in [0.5, 0.6) is 0 Å². The fraction of sp³-hybridized carbons (Fsp3) is 0.190. The van der Waals surface area contributed by atoms with E-state index in [4.69, 9.17) is 0 Å². The maximum atomic E-state index is 13.1. The van der Waals surface area contributed by atoms with Crippen molar-refractivity contribution in [2.45, 2.75) is 25.9 Å². The van der Waals surface area contributed by atoms with Crippen LogP contribution >= 0.6 is 0 Å². The van der Waals surface area contributed by atoms with Gasteiger partial charge in [-0.15, -0.1) is 0 Å². The Kier molecular flexibility index (Phi) is 4.35. The Hall–Kier alpha value is -3.21. The van der Waals surface area contributed by atoms with Crippen LogP contribution in [0.25, 0.3) is 0 Å². The predicted molar refractivity (Wildman–Crippen MR) is 102 cm³/mol. The number of nitrogens with zero attached hydrogens (tertiary/aromatic N) is 3. The Morgan fingerprint density at radius 1 is 1.12 bits per heavy atom. The fourth-order valence-corrected chi connectivity index (χ4v) is 3.36. The third-order valence-corrected chi connectivity index (χ3v) is 4.63. The zero-order chi connectivity index (χ0) is 17.9. The minimum absolute atomic E-state index is 0.0902. The normalized spacial score (nSPS) is 15.6. The summed E-state index contributed by atoms with van der Waals surface area (Å²) in [5, 5.41) is 3.26. The highest BCUT2D eigenvalue weighted by Crippen LogP contribution is 2.32. The summed E-state index contributed by atoms with van der Waals surface area (Å²) in [7, 11) is 0. The highest BCUT2D eigenvalue weighted by Gasteiger charge is 2.31. The largest absolute Gasteiger partial charge is 0.366 e. The number of para-hydroxylation sites is 1. The lowest BCUT2D eigenvalue weighted by Crippen LogP contribution is -2.36. The first-order chi connectivity index (χ1) is 12.7. The second kappa shape index (κ2) is 6.96. The van der Waals surface area contributed by atoms with Gasteiger partial charge in [-0.05, 0) is 30.5 Å². The van der Waals surface area contributed by atoms with Gasteiger partial charge in [-0.2, -0.15) is 0 Å². The molecule has 0 radical (unpaired) electrons. The van der Waals surface area contributed by atoms with Crippen LogP contribution < -0.4 is 10.2 Å². The molecule has 1 aliphatic heterocycles. The summed E-state index contributed by atoms with van der Waals surface area (Å²) in [5.74, 6) is 0.556. The molecule has 130 valence electrons. The van der Waals surface area contributed by atoms with Crippen LogP contribution in [-0.2, 0) is 13.0 Å². The summed E-state index contributed by atoms with van der Waals surface area (Å²) >= 11 is 0.